The van der Waals surface area contributed by atoms with E-state index in [2.05, 4.69) is 18.7 Å². The van der Waals surface area contributed by atoms with Crippen LogP contribution in [0.2, 0.25) is 0 Å². The molecule has 2 rings (SSSR count). The Morgan fingerprint density at radius 1 is 1.29 bits per heavy atom. The molecule has 1 aromatic carbocycles. The molecule has 1 aromatic heterocycles. The van der Waals surface area contributed by atoms with E-state index in [-0.39, 0.29) is 0 Å². The highest BCUT2D eigenvalue weighted by atomic mass is 16.3. The quantitative estimate of drug-likeness (QED) is 0.520. The van der Waals surface area contributed by atoms with Crippen LogP contribution >= 0.6 is 0 Å². The molecule has 2 aromatic rings. The van der Waals surface area contributed by atoms with Gasteiger partial charge in [-0.05, 0) is 43.0 Å². The van der Waals surface area contributed by atoms with E-state index in [1.165, 1.54) is 17.4 Å². The van der Waals surface area contributed by atoms with Crippen LogP contribution in [0.25, 0.3) is 11.0 Å². The molecule has 0 atom stereocenters. The molecule has 0 N–H and O–H groups in total. The van der Waals surface area contributed by atoms with Crippen LogP contribution in [0, 0.1) is 0 Å². The van der Waals surface area contributed by atoms with Crippen molar-refractivity contribution in [3.05, 3.63) is 48.7 Å². The van der Waals surface area contributed by atoms with E-state index >= 15 is 0 Å². The minimum absolute atomic E-state index is 0.970. The fraction of sp³-hybridized carbons (Fsp3) is 0.231. The number of allylic oxidation sites excluding steroid dienone is 1. The maximum Gasteiger partial charge on any atom is 0.133 e. The van der Waals surface area contributed by atoms with Gasteiger partial charge < -0.3 is 4.42 Å². The minimum atomic E-state index is 0.970. The van der Waals surface area contributed by atoms with Gasteiger partial charge in [-0.25, -0.2) is 0 Å². The fourth-order valence-corrected chi connectivity index (χ4v) is 1.62. The number of aryl methyl sites for hydroxylation is 1. The molecule has 0 spiro atoms. The molecule has 0 aliphatic carbocycles. The molecule has 14 heavy (non-hydrogen) atoms. The van der Waals surface area contributed by atoms with Crippen molar-refractivity contribution in [2.75, 3.05) is 0 Å². The number of furan rings is 1. The van der Waals surface area contributed by atoms with Gasteiger partial charge in [0.15, 0.2) is 0 Å². The third-order valence-corrected chi connectivity index (χ3v) is 2.39. The Labute approximate surface area is 84.0 Å². The first-order valence-electron chi connectivity index (χ1n) is 4.97. The fourth-order valence-electron chi connectivity index (χ4n) is 1.62. The van der Waals surface area contributed by atoms with Gasteiger partial charge in [-0.3, -0.25) is 0 Å². The molecule has 1 heterocycles. The monoisotopic (exact) mass is 186 g/mol. The van der Waals surface area contributed by atoms with Gasteiger partial charge in [-0.1, -0.05) is 12.1 Å². The summed E-state index contributed by atoms with van der Waals surface area (Å²) in [7, 11) is 0. The lowest BCUT2D eigenvalue weighted by molar-refractivity contribution is 0.615. The number of benzene rings is 1. The zero-order valence-corrected chi connectivity index (χ0v) is 8.20. The Hall–Kier alpha value is -1.50. The zero-order valence-electron chi connectivity index (χ0n) is 8.20. The molecular weight excluding hydrogens is 172 g/mol. The first kappa shape index (κ1) is 9.07. The summed E-state index contributed by atoms with van der Waals surface area (Å²) in [6.07, 6.45) is 7.08. The molecule has 72 valence electrons. The van der Waals surface area contributed by atoms with E-state index in [1.54, 1.807) is 6.26 Å². The van der Waals surface area contributed by atoms with Crippen molar-refractivity contribution >= 4 is 11.0 Å². The first-order valence-corrected chi connectivity index (χ1v) is 4.97. The van der Waals surface area contributed by atoms with Crippen molar-refractivity contribution < 1.29 is 4.42 Å². The molecule has 0 fully saturated rings. The van der Waals surface area contributed by atoms with Gasteiger partial charge in [-0.2, -0.15) is 0 Å². The molecule has 1 heteroatoms. The average Bonchev–Trinajstić information content (AvgIpc) is 2.65. The van der Waals surface area contributed by atoms with E-state index in [4.69, 9.17) is 4.42 Å². The highest BCUT2D eigenvalue weighted by Gasteiger charge is 1.98. The number of hydrogen-bond donors (Lipinski definition) is 0. The summed E-state index contributed by atoms with van der Waals surface area (Å²) in [5.41, 5.74) is 2.35. The smallest absolute Gasteiger partial charge is 0.133 e. The van der Waals surface area contributed by atoms with Gasteiger partial charge in [0.2, 0.25) is 0 Å². The van der Waals surface area contributed by atoms with E-state index in [0.717, 1.165) is 18.4 Å². The second-order valence-electron chi connectivity index (χ2n) is 3.47. The molecule has 0 unspecified atom stereocenters. The molecule has 0 amide bonds. The summed E-state index contributed by atoms with van der Waals surface area (Å²) in [6.45, 7) is 3.72. The Morgan fingerprint density at radius 2 is 2.21 bits per heavy atom. The average molecular weight is 186 g/mol. The van der Waals surface area contributed by atoms with Crippen molar-refractivity contribution in [3.8, 4) is 0 Å². The van der Waals surface area contributed by atoms with Crippen LogP contribution in [-0.4, -0.2) is 0 Å². The Kier molecular flexibility index (Phi) is 2.68. The summed E-state index contributed by atoms with van der Waals surface area (Å²) in [4.78, 5) is 0. The van der Waals surface area contributed by atoms with Crippen molar-refractivity contribution in [2.24, 2.45) is 0 Å². The van der Waals surface area contributed by atoms with Crippen molar-refractivity contribution in [1.29, 1.82) is 0 Å². The van der Waals surface area contributed by atoms with Gasteiger partial charge in [-0.15, -0.1) is 6.58 Å². The van der Waals surface area contributed by atoms with Gasteiger partial charge in [0.1, 0.15) is 5.58 Å². The van der Waals surface area contributed by atoms with Crippen LogP contribution in [0.3, 0.4) is 0 Å². The maximum atomic E-state index is 5.28. The van der Waals surface area contributed by atoms with E-state index in [9.17, 15) is 0 Å². The minimum Gasteiger partial charge on any atom is -0.464 e. The largest absolute Gasteiger partial charge is 0.464 e. The van der Waals surface area contributed by atoms with Gasteiger partial charge in [0.05, 0.1) is 6.26 Å². The lowest BCUT2D eigenvalue weighted by Gasteiger charge is -1.99. The predicted octanol–water partition coefficient (Wildman–Crippen LogP) is 3.94. The summed E-state index contributed by atoms with van der Waals surface area (Å²) in [5, 5.41) is 1.20. The van der Waals surface area contributed by atoms with Crippen LogP contribution in [-0.2, 0) is 6.42 Å². The Bertz CT molecular complexity index is 425. The summed E-state index contributed by atoms with van der Waals surface area (Å²) < 4.78 is 5.28. The van der Waals surface area contributed by atoms with E-state index in [1.807, 2.05) is 18.2 Å². The van der Waals surface area contributed by atoms with Crippen LogP contribution in [0.5, 0.6) is 0 Å². The molecule has 0 radical (unpaired) electrons. The topological polar surface area (TPSA) is 13.1 Å². The second-order valence-corrected chi connectivity index (χ2v) is 3.47. The van der Waals surface area contributed by atoms with Gasteiger partial charge in [0.25, 0.3) is 0 Å². The van der Waals surface area contributed by atoms with Gasteiger partial charge in [0, 0.05) is 5.39 Å². The summed E-state index contributed by atoms with van der Waals surface area (Å²) >= 11 is 0. The molecule has 1 nitrogen and oxygen atoms in total. The second kappa shape index (κ2) is 4.14. The van der Waals surface area contributed by atoms with Crippen LogP contribution < -0.4 is 0 Å². The van der Waals surface area contributed by atoms with Gasteiger partial charge >= 0.3 is 0 Å². The SMILES string of the molecule is C=CCCCc1ccc2occc2c1. The van der Waals surface area contributed by atoms with Crippen molar-refractivity contribution in [2.45, 2.75) is 19.3 Å². The highest BCUT2D eigenvalue weighted by Crippen LogP contribution is 2.18. The number of fused-ring (bicyclic) bond motifs is 1. The normalized spacial score (nSPS) is 10.6. The number of unbranched alkanes of at least 4 members (excludes halogenated alkanes) is 1. The molecule has 0 saturated heterocycles. The van der Waals surface area contributed by atoms with Crippen LogP contribution in [0.4, 0.5) is 0 Å². The number of hydrogen-bond acceptors (Lipinski definition) is 1. The predicted molar refractivity (Wildman–Crippen MR) is 59.3 cm³/mol. The third kappa shape index (κ3) is 1.87. The van der Waals surface area contributed by atoms with Crippen LogP contribution in [0.1, 0.15) is 18.4 Å². The molecule has 0 saturated carbocycles. The Morgan fingerprint density at radius 3 is 3.07 bits per heavy atom. The van der Waals surface area contributed by atoms with E-state index < -0.39 is 0 Å². The molecule has 0 aliphatic rings. The Balaban J connectivity index is 2.13. The number of rotatable bonds is 4. The zero-order chi connectivity index (χ0) is 9.80. The molecular formula is C13H14O. The highest BCUT2D eigenvalue weighted by molar-refractivity contribution is 5.77. The summed E-state index contributed by atoms with van der Waals surface area (Å²) in [5.74, 6) is 0. The van der Waals surface area contributed by atoms with Crippen molar-refractivity contribution in [1.82, 2.24) is 0 Å². The third-order valence-electron chi connectivity index (χ3n) is 2.39. The van der Waals surface area contributed by atoms with Crippen molar-refractivity contribution in [3.63, 3.8) is 0 Å². The molecule has 0 bridgehead atoms. The standard InChI is InChI=1S/C13H14O/c1-2-3-4-5-11-6-7-13-12(10-11)8-9-14-13/h2,6-10H,1,3-5H2. The first-order chi connectivity index (χ1) is 6.90. The lowest BCUT2D eigenvalue weighted by Crippen LogP contribution is -1.83. The lowest BCUT2D eigenvalue weighted by atomic mass is 10.1. The van der Waals surface area contributed by atoms with Crippen LogP contribution in [0.15, 0.2) is 47.6 Å². The summed E-state index contributed by atoms with van der Waals surface area (Å²) in [6, 6.07) is 8.38. The maximum absolute atomic E-state index is 5.28. The molecule has 0 aliphatic heterocycles. The van der Waals surface area contributed by atoms with E-state index in [0.29, 0.717) is 0 Å².